The van der Waals surface area contributed by atoms with E-state index in [1.807, 2.05) is 18.2 Å². The number of ketones is 1. The highest BCUT2D eigenvalue weighted by molar-refractivity contribution is 5.89. The van der Waals surface area contributed by atoms with Crippen molar-refractivity contribution in [2.24, 2.45) is 0 Å². The van der Waals surface area contributed by atoms with Crippen molar-refractivity contribution in [2.45, 2.75) is 115 Å². The Hall–Kier alpha value is -1.64. The number of Topliss-reactive ketones (excluding diaryl/α,β-unsaturated/α-hetero) is 1. The summed E-state index contributed by atoms with van der Waals surface area (Å²) in [7, 11) is 0. The molecule has 0 radical (unpaired) electrons. The fourth-order valence-electron chi connectivity index (χ4n) is 4.17. The summed E-state index contributed by atoms with van der Waals surface area (Å²) in [6, 6.07) is 9.23. The molecule has 1 atom stereocenters. The average Bonchev–Trinajstić information content (AvgIpc) is 2.73. The minimum atomic E-state index is -0.236. The Morgan fingerprint density at radius 2 is 1.14 bits per heavy atom. The predicted molar refractivity (Wildman–Crippen MR) is 119 cm³/mol. The summed E-state index contributed by atoms with van der Waals surface area (Å²) in [4.78, 5) is 24.6. The Kier molecular flexibility index (Phi) is 12.4. The quantitative estimate of drug-likeness (QED) is 0.485. The second kappa shape index (κ2) is 15.2. The molecular weight excluding hydrogens is 360 g/mol. The molecule has 1 unspecified atom stereocenters. The van der Waals surface area contributed by atoms with Crippen LogP contribution in [0.1, 0.15) is 120 Å². The van der Waals surface area contributed by atoms with Gasteiger partial charge >= 0.3 is 5.97 Å². The summed E-state index contributed by atoms with van der Waals surface area (Å²) >= 11 is 0. The van der Waals surface area contributed by atoms with Crippen LogP contribution in [0.15, 0.2) is 30.3 Å². The van der Waals surface area contributed by atoms with Crippen LogP contribution in [0.5, 0.6) is 0 Å². The SMILES string of the molecule is O=C1CCCCCCCCCCCCCCC(OC(=O)c2ccccc2)CCC1. The van der Waals surface area contributed by atoms with Gasteiger partial charge < -0.3 is 4.74 Å². The molecule has 0 amide bonds. The van der Waals surface area contributed by atoms with Crippen molar-refractivity contribution in [1.82, 2.24) is 0 Å². The molecule has 2 rings (SSSR count). The number of benzene rings is 1. The molecule has 0 bridgehead atoms. The maximum absolute atomic E-state index is 12.5. The minimum absolute atomic E-state index is 0.0717. The number of esters is 1. The van der Waals surface area contributed by atoms with Crippen LogP contribution in [-0.4, -0.2) is 17.9 Å². The molecule has 1 saturated carbocycles. The van der Waals surface area contributed by atoms with E-state index in [1.165, 1.54) is 64.2 Å². The highest BCUT2D eigenvalue weighted by Gasteiger charge is 2.16. The molecule has 29 heavy (non-hydrogen) atoms. The van der Waals surface area contributed by atoms with Crippen LogP contribution in [0.2, 0.25) is 0 Å². The first-order chi connectivity index (χ1) is 14.3. The van der Waals surface area contributed by atoms with E-state index in [0.717, 1.165) is 32.1 Å². The van der Waals surface area contributed by atoms with Gasteiger partial charge in [-0.15, -0.1) is 0 Å². The molecule has 0 N–H and O–H groups in total. The molecule has 0 aliphatic heterocycles. The van der Waals surface area contributed by atoms with Gasteiger partial charge in [0.25, 0.3) is 0 Å². The zero-order valence-corrected chi connectivity index (χ0v) is 18.2. The van der Waals surface area contributed by atoms with E-state index in [1.54, 1.807) is 12.1 Å². The lowest BCUT2D eigenvalue weighted by Crippen LogP contribution is -2.19. The Morgan fingerprint density at radius 1 is 0.655 bits per heavy atom. The molecule has 0 heterocycles. The van der Waals surface area contributed by atoms with E-state index in [4.69, 9.17) is 4.74 Å². The van der Waals surface area contributed by atoms with Gasteiger partial charge in [0.2, 0.25) is 0 Å². The lowest BCUT2D eigenvalue weighted by atomic mass is 10.0. The molecule has 0 spiro atoms. The molecule has 1 aliphatic rings. The predicted octanol–water partition coefficient (Wildman–Crippen LogP) is 7.43. The van der Waals surface area contributed by atoms with Crippen molar-refractivity contribution in [3.05, 3.63) is 35.9 Å². The van der Waals surface area contributed by atoms with E-state index in [9.17, 15) is 9.59 Å². The summed E-state index contributed by atoms with van der Waals surface area (Å²) in [5.74, 6) is 0.136. The Labute approximate surface area is 177 Å². The molecule has 3 heteroatoms. The number of carbonyl (C=O) groups excluding carboxylic acids is 2. The van der Waals surface area contributed by atoms with Crippen molar-refractivity contribution in [1.29, 1.82) is 0 Å². The van der Waals surface area contributed by atoms with Crippen molar-refractivity contribution < 1.29 is 14.3 Å². The molecule has 1 aromatic rings. The van der Waals surface area contributed by atoms with Gasteiger partial charge in [-0.2, -0.15) is 0 Å². The summed E-state index contributed by atoms with van der Waals surface area (Å²) in [5, 5.41) is 0. The third kappa shape index (κ3) is 11.2. The van der Waals surface area contributed by atoms with E-state index in [2.05, 4.69) is 0 Å². The van der Waals surface area contributed by atoms with Gasteiger partial charge in [-0.25, -0.2) is 4.79 Å². The third-order valence-electron chi connectivity index (χ3n) is 6.00. The molecule has 0 saturated heterocycles. The van der Waals surface area contributed by atoms with Gasteiger partial charge in [-0.1, -0.05) is 82.4 Å². The van der Waals surface area contributed by atoms with Crippen LogP contribution >= 0.6 is 0 Å². The van der Waals surface area contributed by atoms with Gasteiger partial charge in [0.15, 0.2) is 0 Å². The van der Waals surface area contributed by atoms with Gasteiger partial charge in [0, 0.05) is 12.8 Å². The van der Waals surface area contributed by atoms with Crippen molar-refractivity contribution in [2.75, 3.05) is 0 Å². The lowest BCUT2D eigenvalue weighted by molar-refractivity contribution is -0.119. The van der Waals surface area contributed by atoms with Gasteiger partial charge in [-0.05, 0) is 44.2 Å². The standard InChI is InChI=1S/C26H40O3/c27-24-19-14-9-7-5-3-1-2-4-6-8-10-15-21-25(22-16-20-24)29-26(28)23-17-12-11-13-18-23/h11-13,17-18,25H,1-10,14-16,19-22H2. The topological polar surface area (TPSA) is 43.4 Å². The van der Waals surface area contributed by atoms with Crippen molar-refractivity contribution in [3.63, 3.8) is 0 Å². The normalized spacial score (nSPS) is 22.1. The largest absolute Gasteiger partial charge is 0.459 e. The number of carbonyl (C=O) groups is 2. The monoisotopic (exact) mass is 400 g/mol. The number of ether oxygens (including phenoxy) is 1. The summed E-state index contributed by atoms with van der Waals surface area (Å²) in [6.07, 6.45) is 18.9. The van der Waals surface area contributed by atoms with Crippen molar-refractivity contribution in [3.8, 4) is 0 Å². The Balaban J connectivity index is 1.82. The van der Waals surface area contributed by atoms with E-state index in [0.29, 0.717) is 24.2 Å². The second-order valence-electron chi connectivity index (χ2n) is 8.61. The average molecular weight is 401 g/mol. The van der Waals surface area contributed by atoms with Crippen LogP contribution < -0.4 is 0 Å². The van der Waals surface area contributed by atoms with E-state index < -0.39 is 0 Å². The fourth-order valence-corrected chi connectivity index (χ4v) is 4.17. The van der Waals surface area contributed by atoms with Crippen LogP contribution in [0.4, 0.5) is 0 Å². The van der Waals surface area contributed by atoms with Crippen LogP contribution in [0.25, 0.3) is 0 Å². The zero-order valence-electron chi connectivity index (χ0n) is 18.2. The molecule has 1 aromatic carbocycles. The molecule has 0 aromatic heterocycles. The van der Waals surface area contributed by atoms with Gasteiger partial charge in [0.05, 0.1) is 5.56 Å². The molecular formula is C26H40O3. The molecule has 3 nitrogen and oxygen atoms in total. The molecule has 1 aliphatic carbocycles. The zero-order chi connectivity index (χ0) is 20.6. The highest BCUT2D eigenvalue weighted by atomic mass is 16.5. The number of rotatable bonds is 2. The maximum atomic E-state index is 12.5. The van der Waals surface area contributed by atoms with Crippen LogP contribution in [0, 0.1) is 0 Å². The maximum Gasteiger partial charge on any atom is 0.338 e. The first kappa shape index (κ1) is 23.6. The number of hydrogen-bond acceptors (Lipinski definition) is 3. The summed E-state index contributed by atoms with van der Waals surface area (Å²) in [6.45, 7) is 0. The van der Waals surface area contributed by atoms with Gasteiger partial charge in [-0.3, -0.25) is 4.79 Å². The smallest absolute Gasteiger partial charge is 0.338 e. The summed E-state index contributed by atoms with van der Waals surface area (Å²) < 4.78 is 5.82. The number of hydrogen-bond donors (Lipinski definition) is 0. The first-order valence-corrected chi connectivity index (χ1v) is 12.0. The van der Waals surface area contributed by atoms with E-state index in [-0.39, 0.29) is 12.1 Å². The molecule has 1 fully saturated rings. The van der Waals surface area contributed by atoms with Gasteiger partial charge in [0.1, 0.15) is 11.9 Å². The minimum Gasteiger partial charge on any atom is -0.459 e. The van der Waals surface area contributed by atoms with E-state index >= 15 is 0 Å². The van der Waals surface area contributed by atoms with Crippen LogP contribution in [-0.2, 0) is 9.53 Å². The first-order valence-electron chi connectivity index (χ1n) is 12.0. The lowest BCUT2D eigenvalue weighted by Gasteiger charge is -2.18. The fraction of sp³-hybridized carbons (Fsp3) is 0.692. The second-order valence-corrected chi connectivity index (χ2v) is 8.61. The van der Waals surface area contributed by atoms with Crippen molar-refractivity contribution >= 4 is 11.8 Å². The molecule has 162 valence electrons. The summed E-state index contributed by atoms with van der Waals surface area (Å²) in [5.41, 5.74) is 0.610. The third-order valence-corrected chi connectivity index (χ3v) is 6.00. The Bertz CT molecular complexity index is 567. The van der Waals surface area contributed by atoms with Crippen LogP contribution in [0.3, 0.4) is 0 Å². The highest BCUT2D eigenvalue weighted by Crippen LogP contribution is 2.19. The Morgan fingerprint density at radius 3 is 1.76 bits per heavy atom.